The van der Waals surface area contributed by atoms with Gasteiger partial charge in [-0.05, 0) is 122 Å². The van der Waals surface area contributed by atoms with Crippen molar-refractivity contribution in [1.29, 1.82) is 0 Å². The lowest BCUT2D eigenvalue weighted by molar-refractivity contribution is -0.511. The number of nitrogens with two attached hydrogens (primary N) is 1. The molecule has 0 bridgehead atoms. The van der Waals surface area contributed by atoms with Crippen LogP contribution in [-0.2, 0) is 34.4 Å². The van der Waals surface area contributed by atoms with Gasteiger partial charge in [0.25, 0.3) is 0 Å². The van der Waals surface area contributed by atoms with E-state index in [1.807, 2.05) is 65.4 Å². The van der Waals surface area contributed by atoms with Gasteiger partial charge in [-0.3, -0.25) is 0 Å². The maximum Gasteiger partial charge on any atom is 0.493 e. The molecule has 0 spiro atoms. The number of likely N-dealkylation sites (tertiary alicyclic amines) is 2. The van der Waals surface area contributed by atoms with Gasteiger partial charge in [0.05, 0.1) is 6.26 Å². The zero-order valence-electron chi connectivity index (χ0n) is 38.1. The molecule has 2 saturated carbocycles. The first-order chi connectivity index (χ1) is 27.4. The number of carbonyl (C=O) groups excluding carboxylic acids is 2. The number of sulfonamides is 1. The van der Waals surface area contributed by atoms with Gasteiger partial charge in [-0.2, -0.15) is 0 Å². The van der Waals surface area contributed by atoms with Gasteiger partial charge in [-0.25, -0.2) is 22.7 Å². The van der Waals surface area contributed by atoms with Crippen LogP contribution in [0, 0.1) is 22.7 Å². The van der Waals surface area contributed by atoms with Crippen molar-refractivity contribution in [3.63, 3.8) is 0 Å². The minimum atomic E-state index is -4.13. The quantitative estimate of drug-likeness (QED) is 0.168. The Labute approximate surface area is 381 Å². The first-order valence-electron chi connectivity index (χ1n) is 20.9. The lowest BCUT2D eigenvalue weighted by Gasteiger charge is -2.37. The Bertz CT molecular complexity index is 1830. The maximum atomic E-state index is 12.1. The normalized spacial score (nSPS) is 18.8. The van der Waals surface area contributed by atoms with Crippen LogP contribution in [0.5, 0.6) is 0 Å². The molecule has 0 radical (unpaired) electrons. The minimum Gasteiger partial charge on any atom is -0.594 e. The molecule has 17 nitrogen and oxygen atoms in total. The molecule has 3 N–H and O–H groups in total. The third-order valence-electron chi connectivity index (χ3n) is 11.1. The number of amides is 2. The Morgan fingerprint density at radius 2 is 1.13 bits per heavy atom. The Hall–Kier alpha value is -3.42. The number of anilines is 1. The highest BCUT2D eigenvalue weighted by atomic mass is 32.2. The van der Waals surface area contributed by atoms with Crippen LogP contribution in [0.4, 0.5) is 15.3 Å². The number of nitrogens with one attached hydrogen (secondary N) is 1. The van der Waals surface area contributed by atoms with Gasteiger partial charge in [-0.1, -0.05) is 51.4 Å². The molecule has 4 aliphatic rings. The lowest BCUT2D eigenvalue weighted by atomic mass is 9.81. The summed E-state index contributed by atoms with van der Waals surface area (Å²) in [5.41, 5.74) is 5.57. The third kappa shape index (κ3) is 20.1. The van der Waals surface area contributed by atoms with Gasteiger partial charge >= 0.3 is 22.4 Å². The van der Waals surface area contributed by atoms with Crippen LogP contribution >= 0.6 is 0 Å². The molecule has 0 aromatic carbocycles. The fourth-order valence-corrected chi connectivity index (χ4v) is 8.68. The van der Waals surface area contributed by atoms with E-state index in [-0.39, 0.29) is 39.9 Å². The second kappa shape index (κ2) is 23.2. The van der Waals surface area contributed by atoms with Crippen LogP contribution in [0.2, 0.25) is 0 Å². The van der Waals surface area contributed by atoms with Crippen LogP contribution in [0.1, 0.15) is 136 Å². The zero-order valence-corrected chi connectivity index (χ0v) is 39.7. The van der Waals surface area contributed by atoms with Gasteiger partial charge in [0.15, 0.2) is 18.5 Å². The molecule has 0 atom stereocenters. The molecule has 368 valence electrons. The van der Waals surface area contributed by atoms with Gasteiger partial charge < -0.3 is 39.8 Å². The van der Waals surface area contributed by atoms with E-state index >= 15 is 0 Å². The predicted octanol–water partition coefficient (Wildman–Crippen LogP) is 5.91. The first-order valence-corrected chi connectivity index (χ1v) is 24.2. The molecule has 4 fully saturated rings. The standard InChI is InChI=1S/C15H28N2O4S.C14H26N2O2.C12H19N3O4S.3CH4/c1-14(2,3)21-13(18)17-9-5-12(6-10-17)15(7-8-15)11-16-22(4,19)20;1-13(2,3)18-12(17)16-8-4-11(5-9-16)14(10-15)6-7-14;1-12(2,3)19-11(16)13-20(17,18)15-8-6-10(7-9-15)14(4)5;;;/h12,16H,5-11H2,1-4H3;11H,4-10,15H2,1-3H3;6-9H,1-5H3;3*1H4. The topological polar surface area (TPSA) is 217 Å². The maximum absolute atomic E-state index is 12.1. The average Bonchev–Trinajstić information content (AvgIpc) is 4.05. The molecule has 3 heterocycles. The SMILES string of the molecule is C.C.C.CC(C)(C)OC(=O)N1CCC(C2(CN)CC2)CC1.CC(C)(C)OC(=O)N1CCC(C2(CNS(C)(=O)=O)CC2)CC1.CN(C)c1cc[n+](S(=O)(=O)N=C([O-])OC(C)(C)C)cc1. The van der Waals surface area contributed by atoms with Crippen LogP contribution in [0.15, 0.2) is 28.9 Å². The zero-order chi connectivity index (χ0) is 45.5. The van der Waals surface area contributed by atoms with E-state index in [4.69, 9.17) is 19.9 Å². The van der Waals surface area contributed by atoms with Crippen molar-refractivity contribution in [2.24, 2.45) is 32.8 Å². The number of rotatable bonds is 9. The molecule has 2 saturated heterocycles. The van der Waals surface area contributed by atoms with Crippen molar-refractivity contribution in [3.05, 3.63) is 24.5 Å². The molecule has 1 aromatic rings. The molecular formula is C44H85N7O10S2. The largest absolute Gasteiger partial charge is 0.594 e. The summed E-state index contributed by atoms with van der Waals surface area (Å²) < 4.78 is 68.6. The van der Waals surface area contributed by atoms with Crippen LogP contribution in [0.25, 0.3) is 0 Å². The van der Waals surface area contributed by atoms with Crippen molar-refractivity contribution in [1.82, 2.24) is 14.5 Å². The van der Waals surface area contributed by atoms with Gasteiger partial charge in [0.1, 0.15) is 11.2 Å². The second-order valence-corrected chi connectivity index (χ2v) is 23.2. The van der Waals surface area contributed by atoms with Gasteiger partial charge in [0, 0.05) is 70.2 Å². The summed E-state index contributed by atoms with van der Waals surface area (Å²) in [7, 11) is -3.60. The summed E-state index contributed by atoms with van der Waals surface area (Å²) in [5, 5.41) is 11.4. The van der Waals surface area contributed by atoms with Crippen LogP contribution in [-0.4, -0.2) is 121 Å². The average molecular weight is 936 g/mol. The Kier molecular flexibility index (Phi) is 21.9. The summed E-state index contributed by atoms with van der Waals surface area (Å²) in [6.45, 7) is 20.6. The van der Waals surface area contributed by atoms with Crippen molar-refractivity contribution in [2.75, 3.05) is 64.5 Å². The van der Waals surface area contributed by atoms with Gasteiger partial charge in [0.2, 0.25) is 10.0 Å². The van der Waals surface area contributed by atoms with E-state index in [9.17, 15) is 31.5 Å². The number of pyridine rings is 1. The number of ether oxygens (including phenoxy) is 3. The third-order valence-corrected chi connectivity index (χ3v) is 12.9. The number of hydrogen-bond acceptors (Lipinski definition) is 12. The molecule has 2 aliphatic carbocycles. The highest BCUT2D eigenvalue weighted by Crippen LogP contribution is 2.55. The minimum absolute atomic E-state index is 0. The number of hydrogen-bond donors (Lipinski definition) is 2. The molecule has 1 aromatic heterocycles. The molecule has 63 heavy (non-hydrogen) atoms. The summed E-state index contributed by atoms with van der Waals surface area (Å²) >= 11 is 0. The smallest absolute Gasteiger partial charge is 0.493 e. The summed E-state index contributed by atoms with van der Waals surface area (Å²) in [6.07, 6.45) is 11.0. The van der Waals surface area contributed by atoms with E-state index in [1.165, 1.54) is 31.5 Å². The lowest BCUT2D eigenvalue weighted by Crippen LogP contribution is -2.44. The van der Waals surface area contributed by atoms with E-state index in [0.717, 1.165) is 67.8 Å². The Morgan fingerprint density at radius 3 is 1.43 bits per heavy atom. The van der Waals surface area contributed by atoms with Crippen molar-refractivity contribution < 1.29 is 49.7 Å². The van der Waals surface area contributed by atoms with Crippen molar-refractivity contribution >= 4 is 44.2 Å². The number of aromatic nitrogens is 1. The molecule has 5 rings (SSSR count). The second-order valence-electron chi connectivity index (χ2n) is 19.8. The molecule has 0 unspecified atom stereocenters. The van der Waals surface area contributed by atoms with Crippen LogP contribution < -0.4 is 24.4 Å². The number of piperidine rings is 2. The summed E-state index contributed by atoms with van der Waals surface area (Å²) in [5.74, 6) is 1.20. The monoisotopic (exact) mass is 936 g/mol. The van der Waals surface area contributed by atoms with E-state index in [2.05, 4.69) is 9.12 Å². The van der Waals surface area contributed by atoms with E-state index < -0.39 is 43.1 Å². The highest BCUT2D eigenvalue weighted by molar-refractivity contribution is 7.88. The fraction of sp³-hybridized carbons (Fsp3) is 0.818. The molecule has 2 amide bonds. The Morgan fingerprint density at radius 1 is 0.762 bits per heavy atom. The van der Waals surface area contributed by atoms with Gasteiger partial charge in [-0.15, -0.1) is 8.42 Å². The van der Waals surface area contributed by atoms with E-state index in [0.29, 0.717) is 36.9 Å². The first kappa shape index (κ1) is 59.6. The summed E-state index contributed by atoms with van der Waals surface area (Å²) in [4.78, 5) is 29.4. The van der Waals surface area contributed by atoms with Crippen LogP contribution in [0.3, 0.4) is 0 Å². The molecular weight excluding hydrogens is 851 g/mol. The van der Waals surface area contributed by atoms with Crippen molar-refractivity contribution in [2.45, 2.75) is 153 Å². The highest BCUT2D eigenvalue weighted by Gasteiger charge is 2.50. The number of carbonyl (C=O) groups is 2. The molecule has 19 heteroatoms. The molecule has 2 aliphatic heterocycles. The van der Waals surface area contributed by atoms with Crippen molar-refractivity contribution in [3.8, 4) is 0 Å². The van der Waals surface area contributed by atoms with E-state index in [1.54, 1.807) is 37.8 Å². The fourth-order valence-electron chi connectivity index (χ4n) is 7.38. The Balaban J connectivity index is 0.000000898. The predicted molar refractivity (Wildman–Crippen MR) is 250 cm³/mol. The summed E-state index contributed by atoms with van der Waals surface area (Å²) in [6, 6.07) is 3.20. The number of nitrogens with zero attached hydrogens (tertiary/aromatic N) is 5.